The Labute approximate surface area is 208 Å². The molecule has 1 aliphatic rings. The number of benzene rings is 5. The van der Waals surface area contributed by atoms with E-state index in [1.165, 1.54) is 60.3 Å². The number of rotatable bonds is 1. The first-order valence-corrected chi connectivity index (χ1v) is 12.6. The van der Waals surface area contributed by atoms with Gasteiger partial charge in [0.1, 0.15) is 11.6 Å². The third-order valence-corrected chi connectivity index (χ3v) is 7.83. The number of nitrogens with one attached hydrogen (secondary N) is 2. The third kappa shape index (κ3) is 2.70. The molecule has 8 rings (SSSR count). The Morgan fingerprint density at radius 2 is 1.42 bits per heavy atom. The lowest BCUT2D eigenvalue weighted by Gasteiger charge is -2.18. The molecule has 0 bridgehead atoms. The normalized spacial score (nSPS) is 13.1. The summed E-state index contributed by atoms with van der Waals surface area (Å²) in [5.74, 6) is 1.94. The van der Waals surface area contributed by atoms with Gasteiger partial charge in [0.25, 0.3) is 0 Å². The number of hydrogen-bond donors (Lipinski definition) is 2. The van der Waals surface area contributed by atoms with E-state index < -0.39 is 0 Å². The Morgan fingerprint density at radius 1 is 0.639 bits per heavy atom. The van der Waals surface area contributed by atoms with E-state index >= 15 is 0 Å². The summed E-state index contributed by atoms with van der Waals surface area (Å²) in [7, 11) is 0. The number of H-pyrrole nitrogens is 2. The summed E-state index contributed by atoms with van der Waals surface area (Å²) in [6, 6.07) is 26.8. The number of nitrogens with zero attached hydrogens (tertiary/aromatic N) is 2. The van der Waals surface area contributed by atoms with Crippen molar-refractivity contribution in [2.24, 2.45) is 0 Å². The van der Waals surface area contributed by atoms with Gasteiger partial charge in [0, 0.05) is 22.0 Å². The second-order valence-corrected chi connectivity index (χ2v) is 10.0. The first-order chi connectivity index (χ1) is 17.6. The van der Waals surface area contributed by atoms with Crippen LogP contribution >= 0.6 is 0 Å². The number of hydrogen-bond acceptors (Lipinski definition) is 2. The predicted octanol–water partition coefficient (Wildman–Crippen LogP) is 7.80. The van der Waals surface area contributed by atoms with Gasteiger partial charge in [0.2, 0.25) is 0 Å². The third-order valence-electron chi connectivity index (χ3n) is 7.83. The second-order valence-electron chi connectivity index (χ2n) is 10.0. The minimum Gasteiger partial charge on any atom is -0.346 e. The van der Waals surface area contributed by atoms with Crippen molar-refractivity contribution in [2.45, 2.75) is 26.7 Å². The first-order valence-electron chi connectivity index (χ1n) is 12.6. The lowest BCUT2D eigenvalue weighted by atomic mass is 9.87. The van der Waals surface area contributed by atoms with E-state index in [9.17, 15) is 0 Å². The Bertz CT molecular complexity index is 2020. The molecule has 0 saturated carbocycles. The van der Waals surface area contributed by atoms with E-state index in [-0.39, 0.29) is 0 Å². The van der Waals surface area contributed by atoms with Crippen molar-refractivity contribution in [1.82, 2.24) is 19.9 Å². The van der Waals surface area contributed by atoms with Gasteiger partial charge >= 0.3 is 0 Å². The number of aromatic amines is 2. The zero-order valence-electron chi connectivity index (χ0n) is 20.2. The summed E-state index contributed by atoms with van der Waals surface area (Å²) in [4.78, 5) is 16.5. The molecule has 36 heavy (non-hydrogen) atoms. The minimum atomic E-state index is 0.946. The van der Waals surface area contributed by atoms with Crippen LogP contribution in [0.25, 0.3) is 65.7 Å². The molecular weight excluding hydrogens is 440 g/mol. The van der Waals surface area contributed by atoms with Gasteiger partial charge in [-0.15, -0.1) is 0 Å². The topological polar surface area (TPSA) is 57.4 Å². The van der Waals surface area contributed by atoms with Gasteiger partial charge in [0.15, 0.2) is 0 Å². The van der Waals surface area contributed by atoms with Gasteiger partial charge in [-0.25, -0.2) is 9.97 Å². The highest BCUT2D eigenvalue weighted by Crippen LogP contribution is 2.39. The van der Waals surface area contributed by atoms with Gasteiger partial charge in [-0.1, -0.05) is 60.7 Å². The van der Waals surface area contributed by atoms with Crippen LogP contribution in [0.1, 0.15) is 22.9 Å². The smallest absolute Gasteiger partial charge is 0.104 e. The van der Waals surface area contributed by atoms with Crippen LogP contribution in [0.2, 0.25) is 0 Å². The van der Waals surface area contributed by atoms with Crippen LogP contribution in [-0.4, -0.2) is 19.9 Å². The molecular formula is C32H24N4. The summed E-state index contributed by atoms with van der Waals surface area (Å²) in [6.07, 6.45) is 2.06. The quantitative estimate of drug-likeness (QED) is 0.244. The minimum absolute atomic E-state index is 0.946. The molecule has 0 atom stereocenters. The van der Waals surface area contributed by atoms with E-state index in [1.54, 1.807) is 0 Å². The van der Waals surface area contributed by atoms with Crippen LogP contribution in [0.5, 0.6) is 0 Å². The fourth-order valence-corrected chi connectivity index (χ4v) is 6.23. The van der Waals surface area contributed by atoms with Crippen LogP contribution in [0, 0.1) is 13.8 Å². The summed E-state index contributed by atoms with van der Waals surface area (Å²) >= 11 is 0. The molecule has 0 saturated heterocycles. The van der Waals surface area contributed by atoms with Crippen molar-refractivity contribution in [2.75, 3.05) is 0 Å². The molecule has 2 heterocycles. The summed E-state index contributed by atoms with van der Waals surface area (Å²) in [6.45, 7) is 4.06. The Kier molecular flexibility index (Phi) is 3.88. The van der Waals surface area contributed by atoms with Gasteiger partial charge in [-0.05, 0) is 77.1 Å². The lowest BCUT2D eigenvalue weighted by molar-refractivity contribution is 0.912. The van der Waals surface area contributed by atoms with Gasteiger partial charge < -0.3 is 9.97 Å². The molecule has 0 unspecified atom stereocenters. The monoisotopic (exact) mass is 464 g/mol. The maximum absolute atomic E-state index is 4.79. The Morgan fingerprint density at radius 3 is 2.31 bits per heavy atom. The average molecular weight is 465 g/mol. The van der Waals surface area contributed by atoms with Gasteiger partial charge in [0.05, 0.1) is 16.7 Å². The Balaban J connectivity index is 1.32. The van der Waals surface area contributed by atoms with Crippen LogP contribution < -0.4 is 0 Å². The van der Waals surface area contributed by atoms with Gasteiger partial charge in [-0.3, -0.25) is 0 Å². The largest absolute Gasteiger partial charge is 0.346 e. The fraction of sp³-hybridized carbons (Fsp3) is 0.125. The zero-order valence-corrected chi connectivity index (χ0v) is 20.2. The van der Waals surface area contributed by atoms with Crippen LogP contribution in [0.15, 0.2) is 72.8 Å². The summed E-state index contributed by atoms with van der Waals surface area (Å²) in [5.41, 5.74) is 9.72. The molecule has 7 aromatic rings. The molecule has 0 aliphatic heterocycles. The van der Waals surface area contributed by atoms with Crippen molar-refractivity contribution >= 4 is 43.4 Å². The highest BCUT2D eigenvalue weighted by molar-refractivity contribution is 6.23. The molecule has 172 valence electrons. The van der Waals surface area contributed by atoms with Crippen molar-refractivity contribution < 1.29 is 0 Å². The van der Waals surface area contributed by atoms with E-state index in [1.807, 2.05) is 13.8 Å². The Hall–Kier alpha value is -4.44. The highest BCUT2D eigenvalue weighted by atomic mass is 14.9. The van der Waals surface area contributed by atoms with Crippen molar-refractivity contribution in [3.05, 3.63) is 95.7 Å². The molecule has 1 aliphatic carbocycles. The first kappa shape index (κ1) is 19.8. The maximum atomic E-state index is 4.79. The van der Waals surface area contributed by atoms with Crippen molar-refractivity contribution in [3.63, 3.8) is 0 Å². The molecule has 0 fully saturated rings. The molecule has 2 aromatic heterocycles. The maximum Gasteiger partial charge on any atom is 0.104 e. The zero-order chi connectivity index (χ0) is 24.0. The molecule has 4 heteroatoms. The molecule has 0 amide bonds. The lowest BCUT2D eigenvalue weighted by Crippen LogP contribution is -2.04. The van der Waals surface area contributed by atoms with Crippen LogP contribution in [-0.2, 0) is 12.8 Å². The van der Waals surface area contributed by atoms with Crippen molar-refractivity contribution in [3.8, 4) is 22.4 Å². The average Bonchev–Trinajstić information content (AvgIpc) is 3.49. The van der Waals surface area contributed by atoms with E-state index in [2.05, 4.69) is 82.8 Å². The molecule has 2 N–H and O–H groups in total. The van der Waals surface area contributed by atoms with E-state index in [0.29, 0.717) is 0 Å². The predicted molar refractivity (Wildman–Crippen MR) is 149 cm³/mol. The van der Waals surface area contributed by atoms with Gasteiger partial charge in [-0.2, -0.15) is 0 Å². The van der Waals surface area contributed by atoms with Crippen LogP contribution in [0.4, 0.5) is 0 Å². The fourth-order valence-electron chi connectivity index (χ4n) is 6.23. The summed E-state index contributed by atoms with van der Waals surface area (Å²) < 4.78 is 0. The molecule has 0 radical (unpaired) electrons. The molecule has 5 aromatic carbocycles. The second kappa shape index (κ2) is 7.05. The van der Waals surface area contributed by atoms with E-state index in [4.69, 9.17) is 9.97 Å². The number of aromatic nitrogens is 4. The number of imidazole rings is 2. The molecule has 4 nitrogen and oxygen atoms in total. The SMILES string of the molecule is Cc1nc2c([nH]1)CCc1c-2ccc2cc(-c3ccc4c(c3)c3ccccc3c3nc(C)[nH]c43)ccc12. The summed E-state index contributed by atoms with van der Waals surface area (Å²) in [5, 5.41) is 7.53. The van der Waals surface area contributed by atoms with E-state index in [0.717, 1.165) is 41.2 Å². The van der Waals surface area contributed by atoms with Crippen LogP contribution in [0.3, 0.4) is 0 Å². The van der Waals surface area contributed by atoms with Crippen molar-refractivity contribution in [1.29, 1.82) is 0 Å². The molecule has 0 spiro atoms. The standard InChI is InChI=1S/C32H24N4/c1-17-33-29-14-13-24-22-10-7-19(15-21(22)9-12-26(24)30(29)34-17)20-8-11-27-28(16-20)23-5-3-4-6-25(23)31-32(27)36-18(2)35-31/h3-12,15-16H,13-14H2,1-2H3,(H,33,34)(H,35,36). The number of aryl methyl sites for hydroxylation is 4. The number of fused-ring (bicyclic) bond motifs is 11. The highest BCUT2D eigenvalue weighted by Gasteiger charge is 2.21.